The average Bonchev–Trinajstić information content (AvgIpc) is 3.20. The molecule has 0 aliphatic carbocycles. The Morgan fingerprint density at radius 3 is 2.41 bits per heavy atom. The summed E-state index contributed by atoms with van der Waals surface area (Å²) >= 11 is 0. The first kappa shape index (κ1) is 18.1. The molecule has 27 heavy (non-hydrogen) atoms. The maximum atomic E-state index is 13.2. The van der Waals surface area contributed by atoms with Gasteiger partial charge in [0.25, 0.3) is 11.8 Å². The average molecular weight is 366 g/mol. The summed E-state index contributed by atoms with van der Waals surface area (Å²) < 4.78 is 13.2. The van der Waals surface area contributed by atoms with Crippen molar-refractivity contribution < 1.29 is 14.0 Å². The van der Waals surface area contributed by atoms with Gasteiger partial charge in [-0.25, -0.2) is 14.4 Å². The Balaban J connectivity index is 1.60. The molecule has 3 N–H and O–H groups in total. The van der Waals surface area contributed by atoms with Crippen LogP contribution in [0.1, 0.15) is 32.4 Å². The first-order chi connectivity index (χ1) is 13.0. The van der Waals surface area contributed by atoms with Gasteiger partial charge in [0.15, 0.2) is 5.82 Å². The normalized spacial score (nSPS) is 10.4. The van der Waals surface area contributed by atoms with E-state index in [4.69, 9.17) is 7.85 Å². The molecule has 3 aromatic rings. The lowest BCUT2D eigenvalue weighted by atomic mass is 9.93. The SMILES string of the molecule is [B]c1cc(CNC(=O)c2cc(C(=O)NCc3nn[nH]n3)ncn2)ccc1F. The number of benzene rings is 1. The molecule has 1 aromatic carbocycles. The second-order valence-corrected chi connectivity index (χ2v) is 5.34. The highest BCUT2D eigenvalue weighted by Crippen LogP contribution is 2.02. The van der Waals surface area contributed by atoms with Gasteiger partial charge < -0.3 is 10.6 Å². The molecular weight excluding hydrogens is 354 g/mol. The van der Waals surface area contributed by atoms with Gasteiger partial charge in [-0.15, -0.1) is 10.2 Å². The van der Waals surface area contributed by atoms with Gasteiger partial charge in [-0.2, -0.15) is 5.21 Å². The molecule has 0 saturated carbocycles. The molecule has 2 radical (unpaired) electrons. The Kier molecular flexibility index (Phi) is 5.45. The number of carbonyl (C=O) groups is 2. The number of nitrogens with zero attached hydrogens (tertiary/aromatic N) is 5. The summed E-state index contributed by atoms with van der Waals surface area (Å²) in [6, 6.07) is 5.39. The largest absolute Gasteiger partial charge is 0.347 e. The molecule has 0 unspecified atom stereocenters. The molecule has 2 heterocycles. The van der Waals surface area contributed by atoms with Gasteiger partial charge in [-0.05, 0) is 11.6 Å². The lowest BCUT2D eigenvalue weighted by Gasteiger charge is -2.07. The van der Waals surface area contributed by atoms with E-state index in [2.05, 4.69) is 41.2 Å². The number of halogens is 1. The summed E-state index contributed by atoms with van der Waals surface area (Å²) in [6.45, 7) is 0.166. The second kappa shape index (κ2) is 8.12. The molecule has 0 spiro atoms. The van der Waals surface area contributed by atoms with E-state index >= 15 is 0 Å². The van der Waals surface area contributed by atoms with E-state index in [1.807, 2.05) is 0 Å². The van der Waals surface area contributed by atoms with Crippen molar-refractivity contribution in [1.29, 1.82) is 0 Å². The predicted octanol–water partition coefficient (Wildman–Crippen LogP) is -1.22. The number of carbonyl (C=O) groups excluding carboxylic acids is 2. The number of rotatable bonds is 6. The van der Waals surface area contributed by atoms with Gasteiger partial charge in [-0.1, -0.05) is 22.8 Å². The third kappa shape index (κ3) is 4.68. The number of aromatic nitrogens is 6. The van der Waals surface area contributed by atoms with Crippen LogP contribution >= 0.6 is 0 Å². The van der Waals surface area contributed by atoms with Crippen LogP contribution in [0.5, 0.6) is 0 Å². The van der Waals surface area contributed by atoms with Crippen LogP contribution in [-0.2, 0) is 13.1 Å². The molecule has 0 aliphatic heterocycles. The molecule has 2 amide bonds. The minimum Gasteiger partial charge on any atom is -0.347 e. The van der Waals surface area contributed by atoms with Crippen LogP contribution in [0, 0.1) is 5.82 Å². The molecule has 0 bridgehead atoms. The van der Waals surface area contributed by atoms with E-state index in [1.54, 1.807) is 0 Å². The number of aromatic amines is 1. The highest BCUT2D eigenvalue weighted by Gasteiger charge is 2.14. The van der Waals surface area contributed by atoms with Crippen molar-refractivity contribution in [3.63, 3.8) is 0 Å². The lowest BCUT2D eigenvalue weighted by molar-refractivity contribution is 0.0944. The number of H-pyrrole nitrogens is 1. The highest BCUT2D eigenvalue weighted by molar-refractivity contribution is 6.32. The van der Waals surface area contributed by atoms with Crippen molar-refractivity contribution in [2.75, 3.05) is 0 Å². The van der Waals surface area contributed by atoms with Crippen molar-refractivity contribution in [3.8, 4) is 0 Å². The molecule has 0 aliphatic rings. The topological polar surface area (TPSA) is 138 Å². The molecule has 10 nitrogen and oxygen atoms in total. The molecule has 0 saturated heterocycles. The van der Waals surface area contributed by atoms with E-state index in [1.165, 1.54) is 24.3 Å². The monoisotopic (exact) mass is 366 g/mol. The fourth-order valence-electron chi connectivity index (χ4n) is 2.09. The molecule has 134 valence electrons. The summed E-state index contributed by atoms with van der Waals surface area (Å²) in [5, 5.41) is 18.2. The number of nitrogens with one attached hydrogen (secondary N) is 3. The number of hydrogen-bond acceptors (Lipinski definition) is 7. The smallest absolute Gasteiger partial charge is 0.270 e. The van der Waals surface area contributed by atoms with Crippen molar-refractivity contribution in [2.45, 2.75) is 13.1 Å². The molecule has 0 fully saturated rings. The first-order valence-corrected chi connectivity index (χ1v) is 7.67. The minimum absolute atomic E-state index is 0.00433. The standard InChI is InChI=1S/C15H12BFN8O2/c16-9-3-8(1-2-10(9)17)5-18-14(26)11-4-12(21-7-20-11)15(27)19-6-13-22-24-25-23-13/h1-4,7H,5-6H2,(H,18,26)(H,19,27)(H,22,23,24,25). The van der Waals surface area contributed by atoms with Crippen LogP contribution in [0.2, 0.25) is 0 Å². The van der Waals surface area contributed by atoms with Gasteiger partial charge in [0.1, 0.15) is 31.4 Å². The summed E-state index contributed by atoms with van der Waals surface area (Å²) in [5.74, 6) is -1.28. The Morgan fingerprint density at radius 1 is 1.07 bits per heavy atom. The van der Waals surface area contributed by atoms with Gasteiger partial charge in [0.05, 0.1) is 6.54 Å². The number of hydrogen-bond donors (Lipinski definition) is 3. The van der Waals surface area contributed by atoms with Crippen molar-refractivity contribution in [3.05, 3.63) is 59.2 Å². The molecular formula is C15H12BFN8O2. The van der Waals surface area contributed by atoms with Gasteiger partial charge in [-0.3, -0.25) is 9.59 Å². The summed E-state index contributed by atoms with van der Waals surface area (Å²) in [5.41, 5.74) is 0.619. The predicted molar refractivity (Wildman–Crippen MR) is 90.3 cm³/mol. The summed E-state index contributed by atoms with van der Waals surface area (Å²) in [4.78, 5) is 32.0. The zero-order valence-electron chi connectivity index (χ0n) is 13.8. The minimum atomic E-state index is -0.530. The Bertz CT molecular complexity index is 966. The van der Waals surface area contributed by atoms with Gasteiger partial charge >= 0.3 is 0 Å². The van der Waals surface area contributed by atoms with Crippen molar-refractivity contribution in [1.82, 2.24) is 41.2 Å². The van der Waals surface area contributed by atoms with E-state index in [9.17, 15) is 14.0 Å². The van der Waals surface area contributed by atoms with Gasteiger partial charge in [0, 0.05) is 12.6 Å². The maximum Gasteiger partial charge on any atom is 0.270 e. The summed E-state index contributed by atoms with van der Waals surface area (Å²) in [6.07, 6.45) is 1.11. The molecule has 0 atom stereocenters. The number of tetrazole rings is 1. The Hall–Kier alpha value is -3.70. The summed E-state index contributed by atoms with van der Waals surface area (Å²) in [7, 11) is 5.49. The van der Waals surface area contributed by atoms with E-state index in [0.717, 1.165) is 6.33 Å². The van der Waals surface area contributed by atoms with E-state index < -0.39 is 17.6 Å². The zero-order chi connectivity index (χ0) is 19.2. The van der Waals surface area contributed by atoms with E-state index in [-0.39, 0.29) is 29.9 Å². The van der Waals surface area contributed by atoms with Crippen LogP contribution in [-0.4, -0.2) is 50.3 Å². The van der Waals surface area contributed by atoms with Crippen molar-refractivity contribution in [2.24, 2.45) is 0 Å². The first-order valence-electron chi connectivity index (χ1n) is 7.67. The third-order valence-electron chi connectivity index (χ3n) is 3.44. The van der Waals surface area contributed by atoms with Crippen LogP contribution in [0.25, 0.3) is 0 Å². The van der Waals surface area contributed by atoms with E-state index in [0.29, 0.717) is 11.4 Å². The van der Waals surface area contributed by atoms with Crippen LogP contribution in [0.15, 0.2) is 30.6 Å². The van der Waals surface area contributed by atoms with Crippen LogP contribution in [0.3, 0.4) is 0 Å². The van der Waals surface area contributed by atoms with Crippen LogP contribution in [0.4, 0.5) is 4.39 Å². The highest BCUT2D eigenvalue weighted by atomic mass is 19.1. The fourth-order valence-corrected chi connectivity index (χ4v) is 2.09. The lowest BCUT2D eigenvalue weighted by Crippen LogP contribution is -2.27. The fraction of sp³-hybridized carbons (Fsp3) is 0.133. The quantitative estimate of drug-likeness (QED) is 0.465. The Labute approximate surface area is 153 Å². The molecule has 12 heteroatoms. The zero-order valence-corrected chi connectivity index (χ0v) is 13.8. The van der Waals surface area contributed by atoms with Crippen LogP contribution < -0.4 is 16.1 Å². The van der Waals surface area contributed by atoms with Crippen molar-refractivity contribution >= 4 is 25.1 Å². The second-order valence-electron chi connectivity index (χ2n) is 5.34. The molecule has 2 aromatic heterocycles. The number of amides is 2. The Morgan fingerprint density at radius 2 is 1.78 bits per heavy atom. The molecule has 3 rings (SSSR count). The maximum absolute atomic E-state index is 13.2. The third-order valence-corrected chi connectivity index (χ3v) is 3.44. The van der Waals surface area contributed by atoms with Gasteiger partial charge in [0.2, 0.25) is 0 Å².